The number of aromatic nitrogens is 2. The summed E-state index contributed by atoms with van der Waals surface area (Å²) in [5.41, 5.74) is 6.47. The minimum Gasteiger partial charge on any atom is -0.364 e. The second kappa shape index (κ2) is 5.95. The van der Waals surface area contributed by atoms with Crippen molar-refractivity contribution in [3.05, 3.63) is 53.7 Å². The van der Waals surface area contributed by atoms with E-state index in [0.29, 0.717) is 5.82 Å². The van der Waals surface area contributed by atoms with Crippen LogP contribution in [0.15, 0.2) is 42.5 Å². The van der Waals surface area contributed by atoms with Crippen molar-refractivity contribution < 1.29 is 4.79 Å². The standard InChI is InChI=1S/C14H16N4O/c1-2-11(10-6-4-3-5-7-10)16-13-9-8-12(14(15)19)17-18-13/h3-9,11H,2H2,1H3,(H2,15,19)(H,16,18). The number of hydrogen-bond donors (Lipinski definition) is 2. The Morgan fingerprint density at radius 2 is 1.95 bits per heavy atom. The number of nitrogens with zero attached hydrogens (tertiary/aromatic N) is 2. The Morgan fingerprint density at radius 3 is 2.47 bits per heavy atom. The molecule has 0 saturated heterocycles. The SMILES string of the molecule is CCC(Nc1ccc(C(N)=O)nn1)c1ccccc1. The molecule has 0 fully saturated rings. The number of carbonyl (C=O) groups is 1. The van der Waals surface area contributed by atoms with Crippen LogP contribution in [-0.2, 0) is 0 Å². The molecule has 19 heavy (non-hydrogen) atoms. The maximum Gasteiger partial charge on any atom is 0.269 e. The Bertz CT molecular complexity index is 539. The number of benzene rings is 1. The van der Waals surface area contributed by atoms with Gasteiger partial charge in [0.05, 0.1) is 6.04 Å². The minimum absolute atomic E-state index is 0.162. The van der Waals surface area contributed by atoms with Crippen molar-refractivity contribution in [1.82, 2.24) is 10.2 Å². The normalized spacial score (nSPS) is 11.8. The van der Waals surface area contributed by atoms with Gasteiger partial charge in [-0.15, -0.1) is 10.2 Å². The zero-order valence-electron chi connectivity index (χ0n) is 10.7. The molecule has 5 heteroatoms. The third kappa shape index (κ3) is 3.28. The van der Waals surface area contributed by atoms with Crippen molar-refractivity contribution in [3.63, 3.8) is 0 Å². The van der Waals surface area contributed by atoms with Crippen LogP contribution in [-0.4, -0.2) is 16.1 Å². The quantitative estimate of drug-likeness (QED) is 0.858. The van der Waals surface area contributed by atoms with Crippen molar-refractivity contribution in [2.45, 2.75) is 19.4 Å². The fourth-order valence-electron chi connectivity index (χ4n) is 1.83. The van der Waals surface area contributed by atoms with Gasteiger partial charge in [-0.2, -0.15) is 0 Å². The Balaban J connectivity index is 2.12. The lowest BCUT2D eigenvalue weighted by molar-refractivity contribution is 0.0994. The third-order valence-electron chi connectivity index (χ3n) is 2.85. The van der Waals surface area contributed by atoms with Crippen LogP contribution in [0.25, 0.3) is 0 Å². The van der Waals surface area contributed by atoms with Crippen LogP contribution in [0.2, 0.25) is 0 Å². The number of rotatable bonds is 5. The zero-order chi connectivity index (χ0) is 13.7. The lowest BCUT2D eigenvalue weighted by atomic mass is 10.0. The second-order valence-corrected chi connectivity index (χ2v) is 4.18. The molecule has 2 aromatic rings. The second-order valence-electron chi connectivity index (χ2n) is 4.18. The predicted octanol–water partition coefficient (Wildman–Crippen LogP) is 2.14. The van der Waals surface area contributed by atoms with E-state index < -0.39 is 5.91 Å². The molecule has 3 N–H and O–H groups in total. The molecule has 0 saturated carbocycles. The highest BCUT2D eigenvalue weighted by Crippen LogP contribution is 2.20. The Kier molecular flexibility index (Phi) is 4.07. The van der Waals surface area contributed by atoms with E-state index in [2.05, 4.69) is 34.6 Å². The summed E-state index contributed by atoms with van der Waals surface area (Å²) in [6.45, 7) is 2.09. The van der Waals surface area contributed by atoms with E-state index in [1.54, 1.807) is 12.1 Å². The summed E-state index contributed by atoms with van der Waals surface area (Å²) in [6.07, 6.45) is 0.920. The Labute approximate surface area is 111 Å². The van der Waals surface area contributed by atoms with Gasteiger partial charge in [-0.1, -0.05) is 37.3 Å². The van der Waals surface area contributed by atoms with Crippen molar-refractivity contribution in [2.75, 3.05) is 5.32 Å². The van der Waals surface area contributed by atoms with Gasteiger partial charge in [0.15, 0.2) is 5.69 Å². The number of nitrogens with two attached hydrogens (primary N) is 1. The molecule has 0 aliphatic heterocycles. The van der Waals surface area contributed by atoms with Crippen LogP contribution >= 0.6 is 0 Å². The van der Waals surface area contributed by atoms with Crippen LogP contribution < -0.4 is 11.1 Å². The van der Waals surface area contributed by atoms with Crippen molar-refractivity contribution in [2.24, 2.45) is 5.73 Å². The molecule has 1 atom stereocenters. The molecule has 0 spiro atoms. The van der Waals surface area contributed by atoms with Crippen LogP contribution in [0.5, 0.6) is 0 Å². The maximum absolute atomic E-state index is 10.9. The fraction of sp³-hybridized carbons (Fsp3) is 0.214. The molecular weight excluding hydrogens is 240 g/mol. The van der Waals surface area contributed by atoms with Crippen molar-refractivity contribution in [3.8, 4) is 0 Å². The summed E-state index contributed by atoms with van der Waals surface area (Å²) < 4.78 is 0. The Hall–Kier alpha value is -2.43. The van der Waals surface area contributed by atoms with E-state index in [-0.39, 0.29) is 11.7 Å². The lowest BCUT2D eigenvalue weighted by Gasteiger charge is -2.17. The fourth-order valence-corrected chi connectivity index (χ4v) is 1.83. The van der Waals surface area contributed by atoms with Gasteiger partial charge in [0, 0.05) is 0 Å². The summed E-state index contributed by atoms with van der Waals surface area (Å²) >= 11 is 0. The minimum atomic E-state index is -0.575. The molecule has 5 nitrogen and oxygen atoms in total. The first-order chi connectivity index (χ1) is 9.20. The monoisotopic (exact) mass is 256 g/mol. The Morgan fingerprint density at radius 1 is 1.21 bits per heavy atom. The average Bonchev–Trinajstić information content (AvgIpc) is 2.46. The van der Waals surface area contributed by atoms with Gasteiger partial charge in [-0.3, -0.25) is 4.79 Å². The number of nitrogens with one attached hydrogen (secondary N) is 1. The van der Waals surface area contributed by atoms with Gasteiger partial charge < -0.3 is 11.1 Å². The third-order valence-corrected chi connectivity index (χ3v) is 2.85. The van der Waals surface area contributed by atoms with E-state index in [9.17, 15) is 4.79 Å². The molecule has 0 aliphatic rings. The molecule has 1 aromatic carbocycles. The molecule has 0 aliphatic carbocycles. The van der Waals surface area contributed by atoms with Gasteiger partial charge in [0.1, 0.15) is 5.82 Å². The van der Waals surface area contributed by atoms with E-state index in [1.807, 2.05) is 18.2 Å². The summed E-state index contributed by atoms with van der Waals surface area (Å²) in [7, 11) is 0. The summed E-state index contributed by atoms with van der Waals surface area (Å²) in [5, 5.41) is 11.0. The van der Waals surface area contributed by atoms with Crippen molar-refractivity contribution >= 4 is 11.7 Å². The lowest BCUT2D eigenvalue weighted by Crippen LogP contribution is -2.15. The van der Waals surface area contributed by atoms with E-state index >= 15 is 0 Å². The molecular formula is C14H16N4O. The van der Waals surface area contributed by atoms with Crippen LogP contribution in [0, 0.1) is 0 Å². The highest BCUT2D eigenvalue weighted by molar-refractivity contribution is 5.90. The largest absolute Gasteiger partial charge is 0.364 e. The van der Waals surface area contributed by atoms with Gasteiger partial charge in [0.2, 0.25) is 0 Å². The average molecular weight is 256 g/mol. The molecule has 1 unspecified atom stereocenters. The maximum atomic E-state index is 10.9. The zero-order valence-corrected chi connectivity index (χ0v) is 10.7. The van der Waals surface area contributed by atoms with Crippen LogP contribution in [0.4, 0.5) is 5.82 Å². The predicted molar refractivity (Wildman–Crippen MR) is 73.6 cm³/mol. The topological polar surface area (TPSA) is 80.9 Å². The van der Waals surface area contributed by atoms with Crippen LogP contribution in [0.3, 0.4) is 0 Å². The van der Waals surface area contributed by atoms with E-state index in [4.69, 9.17) is 5.73 Å². The molecule has 1 aromatic heterocycles. The highest BCUT2D eigenvalue weighted by Gasteiger charge is 2.10. The van der Waals surface area contributed by atoms with E-state index in [0.717, 1.165) is 6.42 Å². The number of carbonyl (C=O) groups excluding carboxylic acids is 1. The summed E-state index contributed by atoms with van der Waals surface area (Å²) in [6, 6.07) is 13.5. The molecule has 98 valence electrons. The molecule has 1 heterocycles. The van der Waals surface area contributed by atoms with Gasteiger partial charge in [-0.05, 0) is 24.1 Å². The number of hydrogen-bond acceptors (Lipinski definition) is 4. The molecule has 1 amide bonds. The van der Waals surface area contributed by atoms with Gasteiger partial charge in [0.25, 0.3) is 5.91 Å². The first-order valence-electron chi connectivity index (χ1n) is 6.15. The molecule has 2 rings (SSSR count). The number of anilines is 1. The van der Waals surface area contributed by atoms with Crippen molar-refractivity contribution in [1.29, 1.82) is 0 Å². The van der Waals surface area contributed by atoms with E-state index in [1.165, 1.54) is 5.56 Å². The highest BCUT2D eigenvalue weighted by atomic mass is 16.1. The number of primary amides is 1. The van der Waals surface area contributed by atoms with Crippen LogP contribution in [0.1, 0.15) is 35.4 Å². The molecule has 0 radical (unpaired) electrons. The first-order valence-corrected chi connectivity index (χ1v) is 6.15. The number of amides is 1. The van der Waals surface area contributed by atoms with Gasteiger partial charge in [-0.25, -0.2) is 0 Å². The molecule has 0 bridgehead atoms. The smallest absolute Gasteiger partial charge is 0.269 e. The first kappa shape index (κ1) is 13.0. The van der Waals surface area contributed by atoms with Gasteiger partial charge >= 0.3 is 0 Å². The summed E-state index contributed by atoms with van der Waals surface area (Å²) in [4.78, 5) is 10.9. The summed E-state index contributed by atoms with van der Waals surface area (Å²) in [5.74, 6) is 0.0508.